The standard InChI is InChI=1S/C32H25Cl2N3O6/c1-40-24-14-15-25(41-2)29-28(24)27(21-6-4-5-7-22(21)34)30(36-29)31(38)37-35-17-18-8-13-23(26(16-18)42-3)43-32(39)19-9-11-20(33)12-10-19/h4-17,36H,1-3H3,(H,37,38). The van der Waals surface area contributed by atoms with Gasteiger partial charge in [-0.2, -0.15) is 5.10 Å². The summed E-state index contributed by atoms with van der Waals surface area (Å²) >= 11 is 12.5. The number of amides is 1. The minimum Gasteiger partial charge on any atom is -0.496 e. The predicted octanol–water partition coefficient (Wildman–Crippen LogP) is 7.15. The molecule has 0 aliphatic rings. The van der Waals surface area contributed by atoms with Gasteiger partial charge in [-0.05, 0) is 66.2 Å². The summed E-state index contributed by atoms with van der Waals surface area (Å²) in [6.07, 6.45) is 1.43. The summed E-state index contributed by atoms with van der Waals surface area (Å²) in [6.45, 7) is 0. The number of ether oxygens (including phenoxy) is 4. The summed E-state index contributed by atoms with van der Waals surface area (Å²) < 4.78 is 22.0. The highest BCUT2D eigenvalue weighted by Crippen LogP contribution is 2.44. The largest absolute Gasteiger partial charge is 0.496 e. The van der Waals surface area contributed by atoms with Gasteiger partial charge in [0, 0.05) is 21.2 Å². The van der Waals surface area contributed by atoms with E-state index in [4.69, 9.17) is 42.1 Å². The SMILES string of the molecule is COc1cc(C=NNC(=O)c2[nH]c3c(OC)ccc(OC)c3c2-c2ccccc2Cl)ccc1OC(=O)c1ccc(Cl)cc1. The van der Waals surface area contributed by atoms with Crippen LogP contribution in [-0.2, 0) is 0 Å². The number of aromatic amines is 1. The van der Waals surface area contributed by atoms with Crippen LogP contribution in [0, 0.1) is 0 Å². The molecule has 0 saturated carbocycles. The van der Waals surface area contributed by atoms with Crippen molar-refractivity contribution in [3.8, 4) is 34.1 Å². The zero-order valence-electron chi connectivity index (χ0n) is 23.2. The van der Waals surface area contributed by atoms with Gasteiger partial charge in [0.15, 0.2) is 11.5 Å². The summed E-state index contributed by atoms with van der Waals surface area (Å²) in [5.41, 5.74) is 5.43. The van der Waals surface area contributed by atoms with Crippen molar-refractivity contribution in [2.24, 2.45) is 5.10 Å². The first kappa shape index (κ1) is 29.5. The second-order valence-electron chi connectivity index (χ2n) is 9.08. The van der Waals surface area contributed by atoms with Crippen LogP contribution < -0.4 is 24.4 Å². The van der Waals surface area contributed by atoms with Gasteiger partial charge in [-0.15, -0.1) is 0 Å². The Kier molecular flexibility index (Phi) is 8.85. The van der Waals surface area contributed by atoms with Gasteiger partial charge in [0.2, 0.25) is 0 Å². The van der Waals surface area contributed by atoms with Crippen LogP contribution >= 0.6 is 23.2 Å². The number of benzene rings is 4. The van der Waals surface area contributed by atoms with E-state index < -0.39 is 11.9 Å². The average molecular weight is 618 g/mol. The normalized spacial score (nSPS) is 11.0. The van der Waals surface area contributed by atoms with Crippen molar-refractivity contribution in [2.45, 2.75) is 0 Å². The maximum atomic E-state index is 13.5. The number of hydrazone groups is 1. The second-order valence-corrected chi connectivity index (χ2v) is 9.92. The molecule has 1 amide bonds. The molecule has 0 radical (unpaired) electrons. The highest BCUT2D eigenvalue weighted by molar-refractivity contribution is 6.34. The molecule has 4 aromatic carbocycles. The van der Waals surface area contributed by atoms with Crippen LogP contribution in [0.2, 0.25) is 10.0 Å². The van der Waals surface area contributed by atoms with E-state index in [-0.39, 0.29) is 11.4 Å². The fourth-order valence-electron chi connectivity index (χ4n) is 4.51. The Bertz CT molecular complexity index is 1850. The number of nitrogens with one attached hydrogen (secondary N) is 2. The molecule has 5 rings (SSSR count). The number of methoxy groups -OCH3 is 3. The quantitative estimate of drug-likeness (QED) is 0.0786. The lowest BCUT2D eigenvalue weighted by Crippen LogP contribution is -2.19. The van der Waals surface area contributed by atoms with Gasteiger partial charge in [-0.1, -0.05) is 41.4 Å². The molecule has 0 aliphatic carbocycles. The van der Waals surface area contributed by atoms with Crippen molar-refractivity contribution < 1.29 is 28.5 Å². The van der Waals surface area contributed by atoms with Gasteiger partial charge in [0.25, 0.3) is 5.91 Å². The van der Waals surface area contributed by atoms with Crippen molar-refractivity contribution in [2.75, 3.05) is 21.3 Å². The molecule has 5 aromatic rings. The number of hydrogen-bond acceptors (Lipinski definition) is 7. The van der Waals surface area contributed by atoms with Crippen LogP contribution in [0.25, 0.3) is 22.0 Å². The van der Waals surface area contributed by atoms with Crippen molar-refractivity contribution in [1.29, 1.82) is 0 Å². The third-order valence-electron chi connectivity index (χ3n) is 6.54. The van der Waals surface area contributed by atoms with Gasteiger partial charge in [0.1, 0.15) is 17.2 Å². The number of hydrogen-bond donors (Lipinski definition) is 2. The first-order valence-electron chi connectivity index (χ1n) is 12.8. The number of halogens is 2. The van der Waals surface area contributed by atoms with E-state index in [1.165, 1.54) is 13.3 Å². The van der Waals surface area contributed by atoms with Crippen LogP contribution in [0.15, 0.2) is 84.0 Å². The number of carbonyl (C=O) groups excluding carboxylic acids is 2. The van der Waals surface area contributed by atoms with Gasteiger partial charge in [-0.3, -0.25) is 4.79 Å². The molecule has 218 valence electrons. The maximum absolute atomic E-state index is 13.5. The molecule has 11 heteroatoms. The molecule has 1 heterocycles. The summed E-state index contributed by atoms with van der Waals surface area (Å²) in [5.74, 6) is 0.489. The lowest BCUT2D eigenvalue weighted by atomic mass is 10.0. The molecule has 0 saturated heterocycles. The van der Waals surface area contributed by atoms with Crippen molar-refractivity contribution >= 4 is 52.2 Å². The number of carbonyl (C=O) groups is 2. The smallest absolute Gasteiger partial charge is 0.343 e. The first-order valence-corrected chi connectivity index (χ1v) is 13.6. The molecule has 0 atom stereocenters. The van der Waals surface area contributed by atoms with Crippen LogP contribution in [0.1, 0.15) is 26.4 Å². The Morgan fingerprint density at radius 2 is 1.49 bits per heavy atom. The Hall–Kier alpha value is -4.99. The van der Waals surface area contributed by atoms with Gasteiger partial charge in [0.05, 0.1) is 44.0 Å². The molecule has 2 N–H and O–H groups in total. The van der Waals surface area contributed by atoms with Crippen molar-refractivity contribution in [3.05, 3.63) is 106 Å². The van der Waals surface area contributed by atoms with Crippen LogP contribution in [0.5, 0.6) is 23.0 Å². The summed E-state index contributed by atoms with van der Waals surface area (Å²) in [4.78, 5) is 29.2. The Labute approximate surface area is 256 Å². The lowest BCUT2D eigenvalue weighted by Gasteiger charge is -2.10. The van der Waals surface area contributed by atoms with Crippen LogP contribution in [-0.4, -0.2) is 44.4 Å². The molecule has 0 spiro atoms. The molecular weight excluding hydrogens is 593 g/mol. The van der Waals surface area contributed by atoms with Gasteiger partial charge in [-0.25, -0.2) is 10.2 Å². The minimum atomic E-state index is -0.565. The number of H-pyrrole nitrogens is 1. The van der Waals surface area contributed by atoms with E-state index in [0.717, 1.165) is 0 Å². The van der Waals surface area contributed by atoms with Crippen LogP contribution in [0.4, 0.5) is 0 Å². The third kappa shape index (κ3) is 6.13. The molecule has 0 aliphatic heterocycles. The van der Waals surface area contributed by atoms with Crippen LogP contribution in [0.3, 0.4) is 0 Å². The van der Waals surface area contributed by atoms with E-state index in [0.29, 0.717) is 60.5 Å². The maximum Gasteiger partial charge on any atom is 0.343 e. The number of nitrogens with zero attached hydrogens (tertiary/aromatic N) is 1. The first-order chi connectivity index (χ1) is 20.8. The molecule has 43 heavy (non-hydrogen) atoms. The van der Waals surface area contributed by atoms with E-state index in [2.05, 4.69) is 15.5 Å². The van der Waals surface area contributed by atoms with Crippen molar-refractivity contribution in [1.82, 2.24) is 10.4 Å². The number of rotatable bonds is 9. The molecule has 9 nitrogen and oxygen atoms in total. The monoisotopic (exact) mass is 617 g/mol. The van der Waals surface area contributed by atoms with Gasteiger partial charge >= 0.3 is 5.97 Å². The molecule has 1 aromatic heterocycles. The zero-order valence-corrected chi connectivity index (χ0v) is 24.7. The van der Waals surface area contributed by atoms with E-state index in [1.54, 1.807) is 80.9 Å². The van der Waals surface area contributed by atoms with Crippen molar-refractivity contribution in [3.63, 3.8) is 0 Å². The topological polar surface area (TPSA) is 111 Å². The lowest BCUT2D eigenvalue weighted by molar-refractivity contribution is 0.0729. The highest BCUT2D eigenvalue weighted by atomic mass is 35.5. The fraction of sp³-hybridized carbons (Fsp3) is 0.0938. The van der Waals surface area contributed by atoms with Gasteiger partial charge < -0.3 is 23.9 Å². The fourth-order valence-corrected chi connectivity index (χ4v) is 4.86. The average Bonchev–Trinajstić information content (AvgIpc) is 3.42. The van der Waals surface area contributed by atoms with E-state index >= 15 is 0 Å². The minimum absolute atomic E-state index is 0.213. The highest BCUT2D eigenvalue weighted by Gasteiger charge is 2.25. The molecule has 0 fully saturated rings. The Morgan fingerprint density at radius 3 is 2.19 bits per heavy atom. The zero-order chi connectivity index (χ0) is 30.5. The summed E-state index contributed by atoms with van der Waals surface area (Å²) in [7, 11) is 4.54. The third-order valence-corrected chi connectivity index (χ3v) is 7.12. The Balaban J connectivity index is 1.42. The predicted molar refractivity (Wildman–Crippen MR) is 166 cm³/mol. The molecule has 0 bridgehead atoms. The number of aromatic nitrogens is 1. The number of fused-ring (bicyclic) bond motifs is 1. The van der Waals surface area contributed by atoms with E-state index in [1.807, 2.05) is 12.1 Å². The molecule has 0 unspecified atom stereocenters. The summed E-state index contributed by atoms with van der Waals surface area (Å²) in [5, 5.41) is 5.73. The molecular formula is C32H25Cl2N3O6. The second kappa shape index (κ2) is 12.9. The Morgan fingerprint density at radius 1 is 0.814 bits per heavy atom. The van der Waals surface area contributed by atoms with E-state index in [9.17, 15) is 9.59 Å². The number of esters is 1. The summed E-state index contributed by atoms with van der Waals surface area (Å²) in [6, 6.07) is 21.9.